The first-order chi connectivity index (χ1) is 9.49. The van der Waals surface area contributed by atoms with Gasteiger partial charge in [0.1, 0.15) is 11.4 Å². The summed E-state index contributed by atoms with van der Waals surface area (Å²) in [4.78, 5) is 15.5. The molecule has 20 heavy (non-hydrogen) atoms. The number of rotatable bonds is 4. The summed E-state index contributed by atoms with van der Waals surface area (Å²) >= 11 is 3.39. The van der Waals surface area contributed by atoms with Crippen molar-refractivity contribution in [2.24, 2.45) is 0 Å². The fourth-order valence-corrected chi connectivity index (χ4v) is 2.24. The quantitative estimate of drug-likeness (QED) is 0.886. The fourth-order valence-electron chi connectivity index (χ4n) is 1.98. The maximum absolute atomic E-state index is 11.3. The highest BCUT2D eigenvalue weighted by Crippen LogP contribution is 2.23. The Bertz CT molecular complexity index is 626. The second-order valence-electron chi connectivity index (χ2n) is 4.57. The minimum absolute atomic E-state index is 0.0319. The summed E-state index contributed by atoms with van der Waals surface area (Å²) in [6.45, 7) is 3.74. The maximum atomic E-state index is 11.3. The molecule has 0 aliphatic rings. The van der Waals surface area contributed by atoms with Crippen molar-refractivity contribution in [2.75, 3.05) is 5.32 Å². The SMILES string of the molecule is Cc1ccnc(NC(C)c2ccc(Br)cc2)c1C(=O)O. The molecule has 1 aromatic heterocycles. The van der Waals surface area contributed by atoms with E-state index in [1.54, 1.807) is 19.2 Å². The molecule has 2 N–H and O–H groups in total. The highest BCUT2D eigenvalue weighted by molar-refractivity contribution is 9.10. The summed E-state index contributed by atoms with van der Waals surface area (Å²) in [5.74, 6) is -0.575. The van der Waals surface area contributed by atoms with Crippen molar-refractivity contribution in [3.63, 3.8) is 0 Å². The highest BCUT2D eigenvalue weighted by atomic mass is 79.9. The Kier molecular flexibility index (Phi) is 4.39. The molecule has 0 fully saturated rings. The molecule has 1 unspecified atom stereocenters. The van der Waals surface area contributed by atoms with Crippen molar-refractivity contribution in [1.29, 1.82) is 0 Å². The van der Waals surface area contributed by atoms with Gasteiger partial charge in [-0.1, -0.05) is 28.1 Å². The summed E-state index contributed by atoms with van der Waals surface area (Å²) in [6.07, 6.45) is 1.61. The molecule has 104 valence electrons. The number of pyridine rings is 1. The van der Waals surface area contributed by atoms with Crippen LogP contribution in [-0.4, -0.2) is 16.1 Å². The average Bonchev–Trinajstić information content (AvgIpc) is 2.39. The van der Waals surface area contributed by atoms with E-state index in [4.69, 9.17) is 0 Å². The number of carboxylic acids is 1. The zero-order valence-electron chi connectivity index (χ0n) is 11.2. The second-order valence-corrected chi connectivity index (χ2v) is 5.49. The number of aromatic nitrogens is 1. The molecule has 0 spiro atoms. The van der Waals surface area contributed by atoms with Crippen molar-refractivity contribution >= 4 is 27.7 Å². The van der Waals surface area contributed by atoms with Gasteiger partial charge < -0.3 is 10.4 Å². The number of aromatic carboxylic acids is 1. The van der Waals surface area contributed by atoms with Gasteiger partial charge in [0, 0.05) is 16.7 Å². The maximum Gasteiger partial charge on any atom is 0.339 e. The smallest absolute Gasteiger partial charge is 0.339 e. The van der Waals surface area contributed by atoms with Crippen LogP contribution in [-0.2, 0) is 0 Å². The van der Waals surface area contributed by atoms with E-state index in [0.29, 0.717) is 11.4 Å². The van der Waals surface area contributed by atoms with E-state index in [0.717, 1.165) is 10.0 Å². The van der Waals surface area contributed by atoms with E-state index in [1.165, 1.54) is 0 Å². The molecule has 0 saturated carbocycles. The highest BCUT2D eigenvalue weighted by Gasteiger charge is 2.16. The van der Waals surface area contributed by atoms with Gasteiger partial charge in [0.05, 0.1) is 0 Å². The van der Waals surface area contributed by atoms with Gasteiger partial charge in [-0.3, -0.25) is 0 Å². The standard InChI is InChI=1S/C15H15BrN2O2/c1-9-7-8-17-14(13(9)15(19)20)18-10(2)11-3-5-12(16)6-4-11/h3-8,10H,1-2H3,(H,17,18)(H,19,20). The first-order valence-corrected chi connectivity index (χ1v) is 6.99. The topological polar surface area (TPSA) is 62.2 Å². The van der Waals surface area contributed by atoms with E-state index >= 15 is 0 Å². The van der Waals surface area contributed by atoms with Gasteiger partial charge in [0.2, 0.25) is 0 Å². The first-order valence-electron chi connectivity index (χ1n) is 6.20. The Morgan fingerprint density at radius 3 is 2.55 bits per heavy atom. The predicted octanol–water partition coefficient (Wildman–Crippen LogP) is 4.02. The Hall–Kier alpha value is -1.88. The molecule has 0 radical (unpaired) electrons. The van der Waals surface area contributed by atoms with Crippen LogP contribution in [0.15, 0.2) is 41.0 Å². The Morgan fingerprint density at radius 2 is 1.95 bits per heavy atom. The molecule has 0 amide bonds. The number of carboxylic acid groups (broad SMARTS) is 1. The molecule has 1 aromatic carbocycles. The normalized spacial score (nSPS) is 11.9. The van der Waals surface area contributed by atoms with Crippen molar-refractivity contribution in [2.45, 2.75) is 19.9 Å². The number of nitrogens with one attached hydrogen (secondary N) is 1. The molecule has 0 bridgehead atoms. The summed E-state index contributed by atoms with van der Waals surface area (Å²) in [5, 5.41) is 12.4. The summed E-state index contributed by atoms with van der Waals surface area (Å²) in [7, 11) is 0. The lowest BCUT2D eigenvalue weighted by Gasteiger charge is -2.17. The van der Waals surface area contributed by atoms with E-state index in [1.807, 2.05) is 31.2 Å². The number of hydrogen-bond donors (Lipinski definition) is 2. The lowest BCUT2D eigenvalue weighted by molar-refractivity contribution is 0.0697. The summed E-state index contributed by atoms with van der Waals surface area (Å²) in [5.41, 5.74) is 1.97. The van der Waals surface area contributed by atoms with Crippen LogP contribution in [0.4, 0.5) is 5.82 Å². The van der Waals surface area contributed by atoms with Gasteiger partial charge in [-0.05, 0) is 43.2 Å². The molecule has 2 aromatic rings. The summed E-state index contributed by atoms with van der Waals surface area (Å²) < 4.78 is 1.01. The van der Waals surface area contributed by atoms with Crippen LogP contribution in [0.2, 0.25) is 0 Å². The first kappa shape index (κ1) is 14.5. The number of halogens is 1. The monoisotopic (exact) mass is 334 g/mol. The van der Waals surface area contributed by atoms with Crippen molar-refractivity contribution in [3.8, 4) is 0 Å². The third kappa shape index (κ3) is 3.17. The van der Waals surface area contributed by atoms with Crippen LogP contribution >= 0.6 is 15.9 Å². The Morgan fingerprint density at radius 1 is 1.30 bits per heavy atom. The number of nitrogens with zero attached hydrogens (tertiary/aromatic N) is 1. The lowest BCUT2D eigenvalue weighted by Crippen LogP contribution is -2.13. The predicted molar refractivity (Wildman–Crippen MR) is 82.1 cm³/mol. The molecular weight excluding hydrogens is 320 g/mol. The third-order valence-corrected chi connectivity index (χ3v) is 3.63. The molecule has 0 saturated heterocycles. The molecule has 1 atom stereocenters. The largest absolute Gasteiger partial charge is 0.478 e. The van der Waals surface area contributed by atoms with Crippen molar-refractivity contribution in [1.82, 2.24) is 4.98 Å². The number of carbonyl (C=O) groups is 1. The Labute approximate surface area is 126 Å². The van der Waals surface area contributed by atoms with E-state index in [9.17, 15) is 9.90 Å². The number of anilines is 1. The van der Waals surface area contributed by atoms with Crippen LogP contribution in [0.25, 0.3) is 0 Å². The van der Waals surface area contributed by atoms with Gasteiger partial charge >= 0.3 is 5.97 Å². The van der Waals surface area contributed by atoms with Crippen LogP contribution in [0.1, 0.15) is 34.5 Å². The van der Waals surface area contributed by atoms with Gasteiger partial charge in [0.25, 0.3) is 0 Å². The minimum atomic E-state index is -0.971. The minimum Gasteiger partial charge on any atom is -0.478 e. The van der Waals surface area contributed by atoms with Crippen LogP contribution in [0.3, 0.4) is 0 Å². The zero-order chi connectivity index (χ0) is 14.7. The summed E-state index contributed by atoms with van der Waals surface area (Å²) in [6, 6.07) is 9.54. The fraction of sp³-hybridized carbons (Fsp3) is 0.200. The molecule has 0 aliphatic carbocycles. The van der Waals surface area contributed by atoms with Crippen molar-refractivity contribution < 1.29 is 9.90 Å². The van der Waals surface area contributed by atoms with Gasteiger partial charge in [-0.2, -0.15) is 0 Å². The molecule has 0 aliphatic heterocycles. The van der Waals surface area contributed by atoms with E-state index in [-0.39, 0.29) is 11.6 Å². The van der Waals surface area contributed by atoms with Crippen LogP contribution in [0, 0.1) is 6.92 Å². The molecule has 4 nitrogen and oxygen atoms in total. The molecular formula is C15H15BrN2O2. The number of benzene rings is 1. The van der Waals surface area contributed by atoms with E-state index < -0.39 is 5.97 Å². The molecule has 2 rings (SSSR count). The average molecular weight is 335 g/mol. The molecule has 5 heteroatoms. The number of aryl methyl sites for hydroxylation is 1. The van der Waals surface area contributed by atoms with Crippen molar-refractivity contribution in [3.05, 3.63) is 57.7 Å². The van der Waals surface area contributed by atoms with Crippen LogP contribution in [0.5, 0.6) is 0 Å². The van der Waals surface area contributed by atoms with Gasteiger partial charge in [-0.15, -0.1) is 0 Å². The molecule has 1 heterocycles. The lowest BCUT2D eigenvalue weighted by atomic mass is 10.1. The third-order valence-electron chi connectivity index (χ3n) is 3.10. The second kappa shape index (κ2) is 6.05. The Balaban J connectivity index is 2.28. The van der Waals surface area contributed by atoms with Gasteiger partial charge in [-0.25, -0.2) is 9.78 Å². The van der Waals surface area contributed by atoms with Gasteiger partial charge in [0.15, 0.2) is 0 Å². The number of hydrogen-bond acceptors (Lipinski definition) is 3. The van der Waals surface area contributed by atoms with Crippen LogP contribution < -0.4 is 5.32 Å². The zero-order valence-corrected chi connectivity index (χ0v) is 12.8. The van der Waals surface area contributed by atoms with E-state index in [2.05, 4.69) is 26.2 Å².